The van der Waals surface area contributed by atoms with Crippen molar-refractivity contribution in [2.45, 2.75) is 28.9 Å². The van der Waals surface area contributed by atoms with E-state index in [2.05, 4.69) is 10.3 Å². The van der Waals surface area contributed by atoms with E-state index in [1.54, 1.807) is 0 Å². The molecule has 0 bridgehead atoms. The second-order valence-electron chi connectivity index (χ2n) is 8.20. The molecule has 1 amide bonds. The Morgan fingerprint density at radius 3 is 2.61 bits per heavy atom. The molecule has 8 nitrogen and oxygen atoms in total. The number of para-hydroxylation sites is 1. The number of thioether (sulfide) groups is 1. The van der Waals surface area contributed by atoms with E-state index in [0.717, 1.165) is 44.5 Å². The van der Waals surface area contributed by atoms with Crippen LogP contribution in [0.3, 0.4) is 0 Å². The van der Waals surface area contributed by atoms with Gasteiger partial charge in [0.05, 0.1) is 12.1 Å². The minimum atomic E-state index is -1.74. The average molecular weight is 573 g/mol. The smallest absolute Gasteiger partial charge is 0.407 e. The van der Waals surface area contributed by atoms with E-state index in [-0.39, 0.29) is 12.4 Å². The lowest BCUT2D eigenvalue weighted by atomic mass is 9.95. The van der Waals surface area contributed by atoms with Crippen LogP contribution in [0.4, 0.5) is 9.59 Å². The van der Waals surface area contributed by atoms with Crippen molar-refractivity contribution in [3.63, 3.8) is 0 Å². The number of H-pyrrole nitrogens is 1. The molecule has 3 N–H and O–H groups in total. The highest BCUT2D eigenvalue weighted by atomic mass is 35.6. The highest BCUT2D eigenvalue weighted by molar-refractivity contribution is 8.13. The number of nitrogens with zero attached hydrogens (tertiary/aromatic N) is 1. The van der Waals surface area contributed by atoms with Crippen LogP contribution in [-0.2, 0) is 22.5 Å². The fourth-order valence-corrected chi connectivity index (χ4v) is 5.02. The normalized spacial score (nSPS) is 16.8. The molecule has 0 spiro atoms. The predicted octanol–water partition coefficient (Wildman–Crippen LogP) is 5.99. The first-order valence-corrected chi connectivity index (χ1v) is 13.2. The summed E-state index contributed by atoms with van der Waals surface area (Å²) in [5.74, 6) is 0.0651. The molecular weight excluding hydrogens is 549 g/mol. The molecule has 36 heavy (non-hydrogen) atoms. The van der Waals surface area contributed by atoms with Gasteiger partial charge in [-0.05, 0) is 35.4 Å². The summed E-state index contributed by atoms with van der Waals surface area (Å²) < 4.78 is 8.66. The summed E-state index contributed by atoms with van der Waals surface area (Å²) >= 11 is 17.8. The van der Waals surface area contributed by atoms with Crippen LogP contribution in [0.25, 0.3) is 10.9 Å². The molecule has 1 aromatic heterocycles. The molecule has 2 atom stereocenters. The maximum atomic E-state index is 12.7. The molecule has 0 saturated carbocycles. The van der Waals surface area contributed by atoms with Gasteiger partial charge in [-0.3, -0.25) is 0 Å². The molecule has 4 rings (SSSR count). The third-order valence-electron chi connectivity index (χ3n) is 5.69. The molecule has 0 unspecified atom stereocenters. The summed E-state index contributed by atoms with van der Waals surface area (Å²) in [7, 11) is 0. The molecule has 3 aromatic rings. The third-order valence-corrected chi connectivity index (χ3v) is 6.89. The number of alkyl halides is 3. The van der Waals surface area contributed by atoms with E-state index in [4.69, 9.17) is 44.3 Å². The number of alkyl carbamates (subject to hydrolysis) is 1. The molecule has 0 saturated heterocycles. The van der Waals surface area contributed by atoms with Gasteiger partial charge in [0.1, 0.15) is 13.2 Å². The fourth-order valence-electron chi connectivity index (χ4n) is 4.13. The number of amides is 1. The number of ether oxygens (including phenoxy) is 2. The minimum Gasteiger partial charge on any atom is -0.453 e. The number of hydrogen-bond donors (Lipinski definition) is 3. The van der Waals surface area contributed by atoms with Crippen LogP contribution >= 0.6 is 46.6 Å². The van der Waals surface area contributed by atoms with Crippen LogP contribution in [0.15, 0.2) is 54.6 Å². The van der Waals surface area contributed by atoms with Gasteiger partial charge in [0.15, 0.2) is 0 Å². The first-order valence-electron chi connectivity index (χ1n) is 11.1. The third kappa shape index (κ3) is 7.00. The van der Waals surface area contributed by atoms with Crippen LogP contribution in [0, 0.1) is 0 Å². The highest BCUT2D eigenvalue weighted by Gasteiger charge is 2.37. The van der Waals surface area contributed by atoms with Crippen LogP contribution in [0.1, 0.15) is 22.9 Å². The summed E-state index contributed by atoms with van der Waals surface area (Å²) in [6.45, 7) is 0.00450. The molecule has 12 heteroatoms. The summed E-state index contributed by atoms with van der Waals surface area (Å²) in [6.07, 6.45) is -0.0635. The van der Waals surface area contributed by atoms with Crippen LogP contribution in [0.5, 0.6) is 0 Å². The number of aromatic amines is 1. The number of nitrogens with one attached hydrogen (secondary N) is 2. The van der Waals surface area contributed by atoms with E-state index in [1.165, 1.54) is 0 Å². The highest BCUT2D eigenvalue weighted by Crippen LogP contribution is 2.36. The van der Waals surface area contributed by atoms with Crippen LogP contribution in [-0.4, -0.2) is 55.4 Å². The van der Waals surface area contributed by atoms with Crippen molar-refractivity contribution in [3.05, 3.63) is 71.4 Å². The number of rotatable bonds is 7. The Kier molecular flexibility index (Phi) is 8.92. The van der Waals surface area contributed by atoms with E-state index >= 15 is 0 Å². The lowest BCUT2D eigenvalue weighted by Gasteiger charge is -2.36. The molecule has 2 aromatic carbocycles. The standard InChI is InChI=1S/C24H24Cl3N3O5S/c25-24(26,27)14-35-23(32)36-13-19(29-22(31)34-12-15-6-2-1-3-7-15)21-20-17(10-11-30(21)33)16-8-4-5-9-18(16)28-20/h1-9,19,21,28,33H,10-14H2,(H,29,31)/t19-,21-/m0/s1. The molecule has 0 fully saturated rings. The summed E-state index contributed by atoms with van der Waals surface area (Å²) in [4.78, 5) is 28.4. The Morgan fingerprint density at radius 2 is 1.86 bits per heavy atom. The monoisotopic (exact) mass is 571 g/mol. The first-order chi connectivity index (χ1) is 17.2. The van der Waals surface area contributed by atoms with Gasteiger partial charge in [-0.1, -0.05) is 83.3 Å². The van der Waals surface area contributed by atoms with Gasteiger partial charge in [-0.15, -0.1) is 0 Å². The lowest BCUT2D eigenvalue weighted by Crippen LogP contribution is -2.49. The number of benzene rings is 2. The Balaban J connectivity index is 1.53. The Hall–Kier alpha value is -2.14. The van der Waals surface area contributed by atoms with Crippen molar-refractivity contribution < 1.29 is 24.3 Å². The van der Waals surface area contributed by atoms with Gasteiger partial charge in [-0.2, -0.15) is 5.06 Å². The topological polar surface area (TPSA) is 104 Å². The van der Waals surface area contributed by atoms with Gasteiger partial charge in [0, 0.05) is 28.9 Å². The largest absolute Gasteiger partial charge is 0.453 e. The van der Waals surface area contributed by atoms with Gasteiger partial charge < -0.3 is 25.0 Å². The van der Waals surface area contributed by atoms with E-state index in [0.29, 0.717) is 13.0 Å². The van der Waals surface area contributed by atoms with Crippen molar-refractivity contribution in [3.8, 4) is 0 Å². The lowest BCUT2D eigenvalue weighted by molar-refractivity contribution is -0.140. The maximum Gasteiger partial charge on any atom is 0.407 e. The molecule has 192 valence electrons. The number of hydroxylamine groups is 2. The quantitative estimate of drug-likeness (QED) is 0.236. The molecular formula is C24H24Cl3N3O5S. The second-order valence-corrected chi connectivity index (χ2v) is 11.7. The predicted molar refractivity (Wildman–Crippen MR) is 141 cm³/mol. The Morgan fingerprint density at radius 1 is 1.14 bits per heavy atom. The van der Waals surface area contributed by atoms with Crippen molar-refractivity contribution in [2.24, 2.45) is 0 Å². The molecule has 2 heterocycles. The number of carbonyl (C=O) groups is 2. The van der Waals surface area contributed by atoms with Crippen molar-refractivity contribution in [2.75, 3.05) is 18.9 Å². The molecule has 1 aliphatic rings. The summed E-state index contributed by atoms with van der Waals surface area (Å²) in [5, 5.41) is 15.2. The second kappa shape index (κ2) is 11.9. The van der Waals surface area contributed by atoms with Crippen LogP contribution in [0.2, 0.25) is 0 Å². The van der Waals surface area contributed by atoms with Crippen molar-refractivity contribution >= 4 is 68.9 Å². The Labute approximate surface area is 227 Å². The van der Waals surface area contributed by atoms with Gasteiger partial charge in [0.2, 0.25) is 3.79 Å². The van der Waals surface area contributed by atoms with E-state index in [1.807, 2.05) is 54.6 Å². The average Bonchev–Trinajstić information content (AvgIpc) is 3.23. The first kappa shape index (κ1) is 26.9. The number of fused-ring (bicyclic) bond motifs is 3. The van der Waals surface area contributed by atoms with Gasteiger partial charge >= 0.3 is 11.4 Å². The number of carbonyl (C=O) groups excluding carboxylic acids is 2. The minimum absolute atomic E-state index is 0.0651. The molecule has 0 aliphatic carbocycles. The van der Waals surface area contributed by atoms with Gasteiger partial charge in [0.25, 0.3) is 0 Å². The zero-order valence-corrected chi connectivity index (χ0v) is 22.0. The fraction of sp³-hybridized carbons (Fsp3) is 0.333. The zero-order valence-electron chi connectivity index (χ0n) is 19.0. The molecule has 0 radical (unpaired) electrons. The number of hydrogen-bond acceptors (Lipinski definition) is 7. The maximum absolute atomic E-state index is 12.7. The summed E-state index contributed by atoms with van der Waals surface area (Å²) in [5.41, 5.74) is 3.55. The van der Waals surface area contributed by atoms with Gasteiger partial charge in [-0.25, -0.2) is 9.59 Å². The zero-order chi connectivity index (χ0) is 25.7. The van der Waals surface area contributed by atoms with E-state index in [9.17, 15) is 14.8 Å². The number of aromatic nitrogens is 1. The van der Waals surface area contributed by atoms with Crippen molar-refractivity contribution in [1.29, 1.82) is 0 Å². The summed E-state index contributed by atoms with van der Waals surface area (Å²) in [6, 6.07) is 15.7. The number of halogens is 3. The Bertz CT molecular complexity index is 1200. The molecule has 1 aliphatic heterocycles. The SMILES string of the molecule is O=C(N[C@@H](CSC(=O)OCC(Cl)(Cl)Cl)[C@H]1c2[nH]c3ccccc3c2CCN1O)OCc1ccccc1. The van der Waals surface area contributed by atoms with Crippen LogP contribution < -0.4 is 5.32 Å². The van der Waals surface area contributed by atoms with E-state index < -0.39 is 33.9 Å². The van der Waals surface area contributed by atoms with Crippen molar-refractivity contribution in [1.82, 2.24) is 15.4 Å².